The number of fused-ring (bicyclic) bond motifs is 2. The standard InChI is InChI=1S/C22H16N4O2S2.C16H12N4S.Na.H2O/c27-30(28,19-9-5-2-6-10-19)26-15-21(16-12-24-25-13-16)20-11-18(14-23-22(20)26)29-17-7-3-1-4-8-17;1-2-4-12(5-3-1)21-13-6-14-15(11-7-19-20-8-11)10-18-16(14)17-9-13;;/h1-15H,(H,24,25);1-10H,(H,17,18)(H,19,20);;1H2/q;;+1;/p-1. The number of hydrogen-bond donors (Lipinski definition) is 3. The van der Waals surface area contributed by atoms with E-state index < -0.39 is 10.0 Å². The van der Waals surface area contributed by atoms with Gasteiger partial charge < -0.3 is 10.5 Å². The van der Waals surface area contributed by atoms with Crippen LogP contribution < -0.4 is 29.6 Å². The summed E-state index contributed by atoms with van der Waals surface area (Å²) in [5, 5.41) is 15.5. The zero-order chi connectivity index (χ0) is 34.6. The monoisotopic (exact) mass is 764 g/mol. The quantitative estimate of drug-likeness (QED) is 0.163. The van der Waals surface area contributed by atoms with E-state index >= 15 is 0 Å². The molecule has 0 saturated heterocycles. The van der Waals surface area contributed by atoms with Crippen molar-refractivity contribution in [2.75, 3.05) is 0 Å². The predicted molar refractivity (Wildman–Crippen MR) is 203 cm³/mol. The van der Waals surface area contributed by atoms with Crippen LogP contribution in [0.5, 0.6) is 0 Å². The van der Waals surface area contributed by atoms with E-state index in [9.17, 15) is 8.42 Å². The molecule has 0 aliphatic carbocycles. The molecule has 9 rings (SSSR count). The second kappa shape index (κ2) is 16.8. The zero-order valence-corrected chi connectivity index (χ0v) is 32.6. The normalized spacial score (nSPS) is 11.0. The number of aromatic amines is 3. The first-order chi connectivity index (χ1) is 25.0. The van der Waals surface area contributed by atoms with Crippen LogP contribution in [0.3, 0.4) is 0 Å². The van der Waals surface area contributed by atoms with Crippen LogP contribution >= 0.6 is 23.5 Å². The molecular formula is C38H29N8NaO3S3. The summed E-state index contributed by atoms with van der Waals surface area (Å²) in [6.45, 7) is 0. The molecule has 53 heavy (non-hydrogen) atoms. The molecule has 0 unspecified atom stereocenters. The molecule has 9 aromatic rings. The van der Waals surface area contributed by atoms with Crippen molar-refractivity contribution in [1.29, 1.82) is 0 Å². The molecule has 4 N–H and O–H groups in total. The van der Waals surface area contributed by atoms with Crippen LogP contribution in [0.15, 0.2) is 177 Å². The molecule has 0 atom stereocenters. The Morgan fingerprint density at radius 2 is 1.11 bits per heavy atom. The van der Waals surface area contributed by atoms with Crippen LogP contribution in [0, 0.1) is 0 Å². The molecule has 0 fully saturated rings. The number of rotatable bonds is 8. The third kappa shape index (κ3) is 8.19. The first-order valence-electron chi connectivity index (χ1n) is 15.8. The Labute approximate surface area is 335 Å². The van der Waals surface area contributed by atoms with Gasteiger partial charge in [-0.1, -0.05) is 78.1 Å². The van der Waals surface area contributed by atoms with Crippen molar-refractivity contribution in [3.05, 3.63) is 153 Å². The number of aromatic nitrogens is 8. The van der Waals surface area contributed by atoms with Gasteiger partial charge in [0, 0.05) is 89.8 Å². The third-order valence-electron chi connectivity index (χ3n) is 7.97. The summed E-state index contributed by atoms with van der Waals surface area (Å²) >= 11 is 3.29. The Hall–Kier alpha value is -4.93. The van der Waals surface area contributed by atoms with E-state index in [1.165, 1.54) is 8.87 Å². The van der Waals surface area contributed by atoms with E-state index in [0.29, 0.717) is 5.65 Å². The molecule has 0 bridgehead atoms. The summed E-state index contributed by atoms with van der Waals surface area (Å²) < 4.78 is 27.8. The second-order valence-electron chi connectivity index (χ2n) is 11.3. The van der Waals surface area contributed by atoms with Crippen LogP contribution in [-0.4, -0.2) is 53.2 Å². The largest absolute Gasteiger partial charge is 1.00 e. The molecule has 0 aliphatic rings. The van der Waals surface area contributed by atoms with Gasteiger partial charge in [0.1, 0.15) is 5.65 Å². The number of hydrogen-bond acceptors (Lipinski definition) is 9. The van der Waals surface area contributed by atoms with Crippen molar-refractivity contribution in [1.82, 2.24) is 39.3 Å². The Morgan fingerprint density at radius 1 is 0.585 bits per heavy atom. The van der Waals surface area contributed by atoms with Crippen molar-refractivity contribution in [3.63, 3.8) is 0 Å². The minimum Gasteiger partial charge on any atom is -0.870 e. The van der Waals surface area contributed by atoms with Gasteiger partial charge >= 0.3 is 29.6 Å². The Kier molecular flexibility index (Phi) is 12.0. The van der Waals surface area contributed by atoms with Crippen molar-refractivity contribution in [2.24, 2.45) is 0 Å². The Balaban J connectivity index is 0.000000185. The van der Waals surface area contributed by atoms with E-state index in [1.807, 2.05) is 79.4 Å². The van der Waals surface area contributed by atoms with Gasteiger partial charge in [-0.15, -0.1) is 0 Å². The molecule has 11 nitrogen and oxygen atoms in total. The topological polar surface area (TPSA) is 168 Å². The van der Waals surface area contributed by atoms with Gasteiger partial charge in [0.15, 0.2) is 5.65 Å². The van der Waals surface area contributed by atoms with Gasteiger partial charge in [0.2, 0.25) is 0 Å². The number of pyridine rings is 2. The molecular weight excluding hydrogens is 736 g/mol. The Bertz CT molecular complexity index is 2650. The van der Waals surface area contributed by atoms with E-state index in [1.54, 1.807) is 78.6 Å². The van der Waals surface area contributed by atoms with Crippen molar-refractivity contribution in [2.45, 2.75) is 24.5 Å². The fourth-order valence-corrected chi connectivity index (χ4v) is 8.60. The Morgan fingerprint density at radius 3 is 1.68 bits per heavy atom. The van der Waals surface area contributed by atoms with Gasteiger partial charge in [-0.2, -0.15) is 10.2 Å². The molecule has 6 heterocycles. The fraction of sp³-hybridized carbons (Fsp3) is 0. The van der Waals surface area contributed by atoms with Crippen molar-refractivity contribution >= 4 is 55.6 Å². The molecule has 0 spiro atoms. The van der Waals surface area contributed by atoms with Crippen LogP contribution in [0.1, 0.15) is 0 Å². The van der Waals surface area contributed by atoms with E-state index in [4.69, 9.17) is 0 Å². The summed E-state index contributed by atoms with van der Waals surface area (Å²) in [6.07, 6.45) is 14.3. The second-order valence-corrected chi connectivity index (χ2v) is 15.4. The summed E-state index contributed by atoms with van der Waals surface area (Å²) in [5.74, 6) is 0. The summed E-state index contributed by atoms with van der Waals surface area (Å²) in [7, 11) is -3.79. The molecule has 258 valence electrons. The summed E-state index contributed by atoms with van der Waals surface area (Å²) in [6, 6.07) is 32.8. The predicted octanol–water partition coefficient (Wildman–Crippen LogP) is 5.75. The summed E-state index contributed by atoms with van der Waals surface area (Å²) in [4.78, 5) is 16.8. The SMILES string of the molecule is O=S(=O)(c1ccccc1)n1cc(-c2cn[nH]c2)c2cc(Sc3ccccc3)cnc21.[Na+].[OH-].c1ccc(Sc2cnc3[nH]cc(-c4cn[nH]c4)c3c2)cc1. The van der Waals surface area contributed by atoms with E-state index in [-0.39, 0.29) is 39.9 Å². The molecule has 0 amide bonds. The maximum Gasteiger partial charge on any atom is 1.00 e. The molecule has 3 aromatic carbocycles. The maximum atomic E-state index is 13.3. The number of nitrogens with one attached hydrogen (secondary N) is 3. The minimum atomic E-state index is -3.79. The van der Waals surface area contributed by atoms with Crippen LogP contribution in [-0.2, 0) is 10.0 Å². The first-order valence-corrected chi connectivity index (χ1v) is 18.8. The van der Waals surface area contributed by atoms with Crippen molar-refractivity contribution in [3.8, 4) is 22.3 Å². The smallest absolute Gasteiger partial charge is 0.870 e. The number of benzene rings is 3. The van der Waals surface area contributed by atoms with E-state index in [0.717, 1.165) is 53.4 Å². The number of nitrogens with zero attached hydrogens (tertiary/aromatic N) is 5. The molecule has 0 saturated carbocycles. The van der Waals surface area contributed by atoms with Gasteiger partial charge in [-0.05, 0) is 48.5 Å². The molecule has 0 radical (unpaired) electrons. The van der Waals surface area contributed by atoms with Gasteiger partial charge in [0.25, 0.3) is 10.0 Å². The average molecular weight is 765 g/mol. The van der Waals surface area contributed by atoms with Crippen LogP contribution in [0.2, 0.25) is 0 Å². The first kappa shape index (κ1) is 37.8. The van der Waals surface area contributed by atoms with Gasteiger partial charge in [-0.25, -0.2) is 22.4 Å². The molecule has 6 aromatic heterocycles. The minimum absolute atomic E-state index is 0. The summed E-state index contributed by atoms with van der Waals surface area (Å²) in [5.41, 5.74) is 5.00. The maximum absolute atomic E-state index is 13.3. The molecule has 15 heteroatoms. The van der Waals surface area contributed by atoms with Crippen LogP contribution in [0.4, 0.5) is 0 Å². The average Bonchev–Trinajstić information content (AvgIpc) is 4.00. The zero-order valence-electron chi connectivity index (χ0n) is 28.2. The van der Waals surface area contributed by atoms with Crippen LogP contribution in [0.25, 0.3) is 44.3 Å². The van der Waals surface area contributed by atoms with E-state index in [2.05, 4.69) is 53.5 Å². The number of H-pyrrole nitrogens is 3. The fourth-order valence-electron chi connectivity index (χ4n) is 5.56. The van der Waals surface area contributed by atoms with Crippen molar-refractivity contribution < 1.29 is 43.5 Å². The third-order valence-corrected chi connectivity index (χ3v) is 11.6. The molecule has 0 aliphatic heterocycles. The van der Waals surface area contributed by atoms with Gasteiger partial charge in [-0.3, -0.25) is 10.2 Å². The van der Waals surface area contributed by atoms with Gasteiger partial charge in [0.05, 0.1) is 17.3 Å².